The maximum atomic E-state index is 11.8. The number of alkyl halides is 2. The van der Waals surface area contributed by atoms with Gasteiger partial charge in [0.25, 0.3) is 0 Å². The molecule has 2 rings (SSSR count). The topological polar surface area (TPSA) is 26.3 Å². The van der Waals surface area contributed by atoms with Crippen molar-refractivity contribution in [1.29, 1.82) is 0 Å². The first-order valence-electron chi connectivity index (χ1n) is 3.87. The number of hydrogen-bond acceptors (Lipinski definition) is 2. The average molecular weight is 229 g/mol. The van der Waals surface area contributed by atoms with Crippen molar-refractivity contribution in [2.45, 2.75) is 11.3 Å². The Morgan fingerprint density at radius 1 is 1.58 bits per heavy atom. The third-order valence-electron chi connectivity index (χ3n) is 3.25. The van der Waals surface area contributed by atoms with E-state index in [4.69, 9.17) is 27.7 Å². The van der Waals surface area contributed by atoms with Gasteiger partial charge in [0, 0.05) is 30.8 Å². The first-order chi connectivity index (χ1) is 5.36. The van der Waals surface area contributed by atoms with Crippen LogP contribution in [0.2, 0.25) is 0 Å². The summed E-state index contributed by atoms with van der Waals surface area (Å²) in [6.45, 7) is 1.98. The van der Waals surface area contributed by atoms with E-state index in [1.54, 1.807) is 0 Å². The van der Waals surface area contributed by atoms with Crippen LogP contribution in [0.15, 0.2) is 0 Å². The summed E-state index contributed by atoms with van der Waals surface area (Å²) < 4.78 is 16.1. The van der Waals surface area contributed by atoms with Crippen molar-refractivity contribution in [2.75, 3.05) is 19.4 Å². The van der Waals surface area contributed by atoms with Crippen LogP contribution >= 0.6 is 30.6 Å². The molecule has 0 bridgehead atoms. The highest BCUT2D eigenvalue weighted by atomic mass is 35.5. The maximum absolute atomic E-state index is 11.8. The van der Waals surface area contributed by atoms with Gasteiger partial charge in [0.15, 0.2) is 0 Å². The van der Waals surface area contributed by atoms with Gasteiger partial charge in [-0.25, -0.2) is 0 Å². The molecular weight excluding hydrogens is 218 g/mol. The molecule has 0 radical (unpaired) electrons. The quantitative estimate of drug-likeness (QED) is 0.510. The summed E-state index contributed by atoms with van der Waals surface area (Å²) in [4.78, 5) is 0. The monoisotopic (exact) mass is 228 g/mol. The van der Waals surface area contributed by atoms with Gasteiger partial charge in [-0.05, 0) is 0 Å². The SMILES string of the molecule is CO[P@]1(=O)C[C@@H]2C(Cl)(Cl)[C@]2(C)C1. The predicted octanol–water partition coefficient (Wildman–Crippen LogP) is 2.73. The van der Waals surface area contributed by atoms with Gasteiger partial charge in [0.05, 0.1) is 0 Å². The largest absolute Gasteiger partial charge is 0.332 e. The van der Waals surface area contributed by atoms with Crippen LogP contribution in [0.4, 0.5) is 0 Å². The minimum absolute atomic E-state index is 0.165. The Morgan fingerprint density at radius 2 is 2.17 bits per heavy atom. The Morgan fingerprint density at radius 3 is 2.50 bits per heavy atom. The summed E-state index contributed by atoms with van der Waals surface area (Å²) in [6, 6.07) is 0. The molecule has 2 nitrogen and oxygen atoms in total. The van der Waals surface area contributed by atoms with E-state index in [0.29, 0.717) is 12.3 Å². The highest BCUT2D eigenvalue weighted by Crippen LogP contribution is 2.81. The minimum Gasteiger partial charge on any atom is -0.332 e. The third-order valence-corrected chi connectivity index (χ3v) is 7.36. The molecule has 0 amide bonds. The van der Waals surface area contributed by atoms with Crippen LogP contribution in [-0.4, -0.2) is 23.8 Å². The fraction of sp³-hybridized carbons (Fsp3) is 1.00. The molecule has 1 saturated carbocycles. The first kappa shape index (κ1) is 9.33. The van der Waals surface area contributed by atoms with Crippen LogP contribution < -0.4 is 0 Å². The molecule has 1 aliphatic heterocycles. The Balaban J connectivity index is 2.22. The molecule has 0 aromatic rings. The molecule has 1 aliphatic carbocycles. The van der Waals surface area contributed by atoms with Crippen molar-refractivity contribution >= 4 is 30.6 Å². The molecule has 3 atom stereocenters. The van der Waals surface area contributed by atoms with Crippen LogP contribution in [0.1, 0.15) is 6.92 Å². The van der Waals surface area contributed by atoms with Crippen molar-refractivity contribution in [3.05, 3.63) is 0 Å². The summed E-state index contributed by atoms with van der Waals surface area (Å²) >= 11 is 12.0. The molecule has 0 aromatic carbocycles. The lowest BCUT2D eigenvalue weighted by Crippen LogP contribution is -2.11. The summed E-state index contributed by atoms with van der Waals surface area (Å²) in [5.74, 6) is 0.166. The van der Waals surface area contributed by atoms with Crippen LogP contribution in [0.3, 0.4) is 0 Å². The van der Waals surface area contributed by atoms with Gasteiger partial charge in [-0.15, -0.1) is 23.2 Å². The standard InChI is InChI=1S/C7H11Cl2O2P/c1-6-4-12(10,11-2)3-5(6)7(6,8)9/h5H,3-4H2,1-2H3/t5-,6+,12+/m0/s1. The van der Waals surface area contributed by atoms with E-state index in [-0.39, 0.29) is 11.3 Å². The van der Waals surface area contributed by atoms with Crippen molar-refractivity contribution < 1.29 is 9.09 Å². The summed E-state index contributed by atoms with van der Waals surface area (Å²) in [7, 11) is -0.872. The van der Waals surface area contributed by atoms with E-state index in [9.17, 15) is 4.57 Å². The van der Waals surface area contributed by atoms with E-state index >= 15 is 0 Å². The van der Waals surface area contributed by atoms with Crippen LogP contribution in [0, 0.1) is 11.3 Å². The molecule has 1 heterocycles. The zero-order valence-corrected chi connectivity index (χ0v) is 9.42. The minimum atomic E-state index is -2.37. The second-order valence-electron chi connectivity index (χ2n) is 3.93. The van der Waals surface area contributed by atoms with Crippen LogP contribution in [0.25, 0.3) is 0 Å². The molecule has 5 heteroatoms. The highest BCUT2D eigenvalue weighted by molar-refractivity contribution is 7.59. The maximum Gasteiger partial charge on any atom is 0.203 e. The van der Waals surface area contributed by atoms with E-state index in [1.165, 1.54) is 7.11 Å². The van der Waals surface area contributed by atoms with Gasteiger partial charge in [0.2, 0.25) is 7.37 Å². The second-order valence-corrected chi connectivity index (χ2v) is 7.99. The summed E-state index contributed by atoms with van der Waals surface area (Å²) in [5, 5.41) is 0. The average Bonchev–Trinajstić information content (AvgIpc) is 2.27. The van der Waals surface area contributed by atoms with Crippen LogP contribution in [-0.2, 0) is 9.09 Å². The van der Waals surface area contributed by atoms with Gasteiger partial charge in [0.1, 0.15) is 4.33 Å². The second kappa shape index (κ2) is 2.23. The number of rotatable bonds is 1. The molecule has 0 N–H and O–H groups in total. The Labute approximate surface area is 82.0 Å². The van der Waals surface area contributed by atoms with E-state index < -0.39 is 11.7 Å². The highest BCUT2D eigenvalue weighted by Gasteiger charge is 2.79. The van der Waals surface area contributed by atoms with Gasteiger partial charge in [-0.2, -0.15) is 0 Å². The smallest absolute Gasteiger partial charge is 0.203 e. The van der Waals surface area contributed by atoms with Gasteiger partial charge < -0.3 is 4.52 Å². The lowest BCUT2D eigenvalue weighted by atomic mass is 10.1. The van der Waals surface area contributed by atoms with Crippen molar-refractivity contribution in [3.8, 4) is 0 Å². The lowest BCUT2D eigenvalue weighted by molar-refractivity contribution is 0.392. The molecule has 1 saturated heterocycles. The molecule has 2 aliphatic rings. The third kappa shape index (κ3) is 0.901. The molecule has 12 heavy (non-hydrogen) atoms. The number of fused-ring (bicyclic) bond motifs is 1. The summed E-state index contributed by atoms with van der Waals surface area (Å²) in [6.07, 6.45) is 1.08. The van der Waals surface area contributed by atoms with Crippen molar-refractivity contribution in [3.63, 3.8) is 0 Å². The fourth-order valence-electron chi connectivity index (χ4n) is 2.19. The predicted molar refractivity (Wildman–Crippen MR) is 50.4 cm³/mol. The normalized spacial score (nSPS) is 55.2. The van der Waals surface area contributed by atoms with Gasteiger partial charge in [-0.3, -0.25) is 4.57 Å². The zero-order valence-electron chi connectivity index (χ0n) is 7.01. The Bertz CT molecular complexity index is 279. The molecular formula is C7H11Cl2O2P. The molecule has 0 aromatic heterocycles. The number of halogens is 2. The van der Waals surface area contributed by atoms with E-state index in [0.717, 1.165) is 0 Å². The zero-order chi connectivity index (χ0) is 9.20. The fourth-order valence-corrected chi connectivity index (χ4v) is 6.62. The molecule has 2 fully saturated rings. The van der Waals surface area contributed by atoms with E-state index in [1.807, 2.05) is 6.92 Å². The Hall–Kier alpha value is 0.770. The van der Waals surface area contributed by atoms with Crippen molar-refractivity contribution in [1.82, 2.24) is 0 Å². The van der Waals surface area contributed by atoms with Crippen molar-refractivity contribution in [2.24, 2.45) is 11.3 Å². The number of hydrogen-bond donors (Lipinski definition) is 0. The van der Waals surface area contributed by atoms with E-state index in [2.05, 4.69) is 0 Å². The summed E-state index contributed by atoms with van der Waals surface area (Å²) in [5.41, 5.74) is -0.165. The van der Waals surface area contributed by atoms with Gasteiger partial charge in [-0.1, -0.05) is 6.92 Å². The first-order valence-corrected chi connectivity index (χ1v) is 6.62. The Kier molecular flexibility index (Phi) is 1.73. The molecule has 0 unspecified atom stereocenters. The molecule has 70 valence electrons. The van der Waals surface area contributed by atoms with Gasteiger partial charge >= 0.3 is 0 Å². The molecule has 0 spiro atoms. The lowest BCUT2D eigenvalue weighted by Gasteiger charge is -2.17. The van der Waals surface area contributed by atoms with Crippen LogP contribution in [0.5, 0.6) is 0 Å².